The zero-order valence-electron chi connectivity index (χ0n) is 54.1. The van der Waals surface area contributed by atoms with Crippen LogP contribution in [0.25, 0.3) is 0 Å². The van der Waals surface area contributed by atoms with Crippen LogP contribution in [-0.4, -0.2) is 37.2 Å². The Bertz CT molecular complexity index is 1340. The monoisotopic (exact) mass is 1120 g/mol. The highest BCUT2D eigenvalue weighted by Gasteiger charge is 2.19. The number of rotatable bonds is 67. The van der Waals surface area contributed by atoms with Crippen LogP contribution in [0, 0.1) is 0 Å². The predicted molar refractivity (Wildman–Crippen MR) is 349 cm³/mol. The number of allylic oxidation sites excluding steroid dienone is 6. The maximum absolute atomic E-state index is 13.0. The lowest BCUT2D eigenvalue weighted by molar-refractivity contribution is -0.167. The Morgan fingerprint density at radius 3 is 0.625 bits per heavy atom. The second kappa shape index (κ2) is 69.1. The molecule has 6 nitrogen and oxygen atoms in total. The summed E-state index contributed by atoms with van der Waals surface area (Å²) in [5.74, 6) is -0.854. The molecule has 0 aliphatic heterocycles. The molecule has 0 aliphatic carbocycles. The summed E-state index contributed by atoms with van der Waals surface area (Å²) in [6.45, 7) is 6.70. The third-order valence-corrected chi connectivity index (χ3v) is 16.3. The lowest BCUT2D eigenvalue weighted by Gasteiger charge is -2.18. The smallest absolute Gasteiger partial charge is 0.306 e. The molecule has 1 unspecified atom stereocenters. The van der Waals surface area contributed by atoms with E-state index in [-0.39, 0.29) is 31.1 Å². The van der Waals surface area contributed by atoms with Crippen molar-refractivity contribution in [1.29, 1.82) is 0 Å². The molecule has 0 heterocycles. The first kappa shape index (κ1) is 77.6. The van der Waals surface area contributed by atoms with Crippen molar-refractivity contribution < 1.29 is 28.6 Å². The second-order valence-electron chi connectivity index (χ2n) is 24.5. The number of ether oxygens (including phenoxy) is 3. The lowest BCUT2D eigenvalue weighted by Crippen LogP contribution is -2.30. The molecule has 0 radical (unpaired) electrons. The van der Waals surface area contributed by atoms with Crippen LogP contribution in [-0.2, 0) is 28.6 Å². The molecule has 0 saturated heterocycles. The van der Waals surface area contributed by atoms with Gasteiger partial charge in [-0.25, -0.2) is 0 Å². The molecule has 6 heteroatoms. The van der Waals surface area contributed by atoms with Crippen molar-refractivity contribution in [3.8, 4) is 0 Å². The lowest BCUT2D eigenvalue weighted by atomic mass is 10.0. The third-order valence-electron chi connectivity index (χ3n) is 16.3. The quantitative estimate of drug-likeness (QED) is 0.0261. The van der Waals surface area contributed by atoms with Crippen molar-refractivity contribution in [2.75, 3.05) is 13.2 Å². The Hall–Kier alpha value is -2.37. The molecule has 0 saturated carbocycles. The summed E-state index contributed by atoms with van der Waals surface area (Å²) in [5, 5.41) is 0. The molecule has 470 valence electrons. The number of carbonyl (C=O) groups excluding carboxylic acids is 3. The minimum Gasteiger partial charge on any atom is -0.462 e. The zero-order chi connectivity index (χ0) is 57.8. The predicted octanol–water partition coefficient (Wildman–Crippen LogP) is 24.7. The molecule has 0 fully saturated rings. The minimum atomic E-state index is -0.777. The fourth-order valence-corrected chi connectivity index (χ4v) is 10.9. The molecule has 0 aliphatic rings. The van der Waals surface area contributed by atoms with Gasteiger partial charge in [0.05, 0.1) is 0 Å². The van der Waals surface area contributed by atoms with Crippen LogP contribution in [0.3, 0.4) is 0 Å². The summed E-state index contributed by atoms with van der Waals surface area (Å²) in [7, 11) is 0. The molecular weight excluding hydrogens is 985 g/mol. The highest BCUT2D eigenvalue weighted by Crippen LogP contribution is 2.18. The summed E-state index contributed by atoms with van der Waals surface area (Å²) < 4.78 is 17.0. The molecule has 0 aromatic carbocycles. The van der Waals surface area contributed by atoms with E-state index in [1.165, 1.54) is 295 Å². The molecule has 0 bridgehead atoms. The summed E-state index contributed by atoms with van der Waals surface area (Å²) in [5.41, 5.74) is 0. The Kier molecular flexibility index (Phi) is 67.1. The van der Waals surface area contributed by atoms with E-state index in [9.17, 15) is 14.4 Å². The van der Waals surface area contributed by atoms with E-state index < -0.39 is 6.10 Å². The Morgan fingerprint density at radius 1 is 0.237 bits per heavy atom. The fraction of sp³-hybridized carbons (Fsp3) is 0.878. The number of unbranched alkanes of at least 4 members (excludes halogenated alkanes) is 50. The van der Waals surface area contributed by atoms with Gasteiger partial charge in [-0.2, -0.15) is 0 Å². The van der Waals surface area contributed by atoms with Gasteiger partial charge in [-0.15, -0.1) is 0 Å². The van der Waals surface area contributed by atoms with Crippen LogP contribution in [0.4, 0.5) is 0 Å². The van der Waals surface area contributed by atoms with Gasteiger partial charge in [-0.3, -0.25) is 14.4 Å². The minimum absolute atomic E-state index is 0.0717. The van der Waals surface area contributed by atoms with Gasteiger partial charge >= 0.3 is 17.9 Å². The normalized spacial score (nSPS) is 12.2. The molecule has 0 aromatic rings. The third kappa shape index (κ3) is 66.4. The van der Waals surface area contributed by atoms with Crippen LogP contribution in [0.5, 0.6) is 0 Å². The zero-order valence-corrected chi connectivity index (χ0v) is 54.1. The van der Waals surface area contributed by atoms with Crippen molar-refractivity contribution in [2.24, 2.45) is 0 Å². The first-order valence-electron chi connectivity index (χ1n) is 36.0. The summed E-state index contributed by atoms with van der Waals surface area (Å²) >= 11 is 0. The van der Waals surface area contributed by atoms with E-state index in [1.54, 1.807) is 0 Å². The van der Waals surface area contributed by atoms with Crippen molar-refractivity contribution in [3.63, 3.8) is 0 Å². The maximum atomic E-state index is 13.0. The Labute approximate surface area is 499 Å². The van der Waals surface area contributed by atoms with Crippen LogP contribution < -0.4 is 0 Å². The van der Waals surface area contributed by atoms with Gasteiger partial charge in [0, 0.05) is 19.3 Å². The van der Waals surface area contributed by atoms with E-state index in [4.69, 9.17) is 14.2 Å². The number of esters is 3. The average molecular weight is 1120 g/mol. The van der Waals surface area contributed by atoms with E-state index in [0.717, 1.165) is 64.2 Å². The molecule has 0 amide bonds. The molecule has 0 rings (SSSR count). The van der Waals surface area contributed by atoms with Gasteiger partial charge in [-0.1, -0.05) is 320 Å². The fourth-order valence-electron chi connectivity index (χ4n) is 10.9. The second-order valence-corrected chi connectivity index (χ2v) is 24.5. The first-order chi connectivity index (χ1) is 39.5. The van der Waals surface area contributed by atoms with E-state index in [2.05, 4.69) is 57.2 Å². The van der Waals surface area contributed by atoms with Crippen LogP contribution in [0.1, 0.15) is 400 Å². The summed E-state index contributed by atoms with van der Waals surface area (Å²) in [4.78, 5) is 38.5. The van der Waals surface area contributed by atoms with Crippen LogP contribution in [0.15, 0.2) is 36.5 Å². The van der Waals surface area contributed by atoms with Gasteiger partial charge < -0.3 is 14.2 Å². The molecule has 80 heavy (non-hydrogen) atoms. The van der Waals surface area contributed by atoms with Crippen molar-refractivity contribution >= 4 is 17.9 Å². The maximum Gasteiger partial charge on any atom is 0.306 e. The largest absolute Gasteiger partial charge is 0.462 e. The van der Waals surface area contributed by atoms with Crippen LogP contribution >= 0.6 is 0 Å². The molecule has 0 aromatic heterocycles. The average Bonchev–Trinajstić information content (AvgIpc) is 3.46. The summed E-state index contributed by atoms with van der Waals surface area (Å²) in [6.07, 6.45) is 86.0. The van der Waals surface area contributed by atoms with Gasteiger partial charge in [0.25, 0.3) is 0 Å². The van der Waals surface area contributed by atoms with E-state index in [0.29, 0.717) is 19.3 Å². The summed E-state index contributed by atoms with van der Waals surface area (Å²) in [6, 6.07) is 0. The molecular formula is C74H138O6. The van der Waals surface area contributed by atoms with Crippen molar-refractivity contribution in [3.05, 3.63) is 36.5 Å². The molecule has 1 atom stereocenters. The number of hydrogen-bond donors (Lipinski definition) is 0. The van der Waals surface area contributed by atoms with Gasteiger partial charge in [0.2, 0.25) is 0 Å². The Balaban J connectivity index is 4.29. The highest BCUT2D eigenvalue weighted by molar-refractivity contribution is 5.71. The topological polar surface area (TPSA) is 78.9 Å². The SMILES string of the molecule is CCCCCCCCC/C=C\CCCCCCCC(=O)OCC(COC(=O)CCCCCCCCCCCCCCC/C=C\CCCCCCCCCC)OC(=O)CCCCCCCCCCC/C=C\CCCCCCCCCC. The standard InChI is InChI=1S/C74H138O6/c1-4-7-10-13-16-19-22-25-28-31-33-35-36-37-38-40-41-43-46-49-52-55-58-61-64-67-73(76)79-70-71(69-78-72(75)66-63-60-57-54-51-48-45-30-27-24-21-18-15-12-9-6-3)80-74(77)68-65-62-59-56-53-50-47-44-42-39-34-32-29-26-23-20-17-14-11-8-5-2/h30-34,45,71H,4-29,35-44,46-70H2,1-3H3/b33-31-,34-32-,45-30-. The van der Waals surface area contributed by atoms with Gasteiger partial charge in [0.1, 0.15) is 13.2 Å². The molecule has 0 spiro atoms. The molecule has 0 N–H and O–H groups in total. The Morgan fingerprint density at radius 2 is 0.412 bits per heavy atom. The van der Waals surface area contributed by atoms with Gasteiger partial charge in [-0.05, 0) is 96.3 Å². The van der Waals surface area contributed by atoms with Crippen LogP contribution in [0.2, 0.25) is 0 Å². The van der Waals surface area contributed by atoms with E-state index >= 15 is 0 Å². The van der Waals surface area contributed by atoms with E-state index in [1.807, 2.05) is 0 Å². The van der Waals surface area contributed by atoms with Crippen molar-refractivity contribution in [2.45, 2.75) is 406 Å². The van der Waals surface area contributed by atoms with Gasteiger partial charge in [0.15, 0.2) is 6.10 Å². The number of hydrogen-bond acceptors (Lipinski definition) is 6. The number of carbonyl (C=O) groups is 3. The first-order valence-corrected chi connectivity index (χ1v) is 36.0. The van der Waals surface area contributed by atoms with Crippen molar-refractivity contribution in [1.82, 2.24) is 0 Å². The highest BCUT2D eigenvalue weighted by atomic mass is 16.6.